The van der Waals surface area contributed by atoms with Crippen LogP contribution >= 0.6 is 15.9 Å². The molecular weight excluding hydrogens is 296 g/mol. The molecule has 0 unspecified atom stereocenters. The molecule has 0 spiro atoms. The molecule has 0 amide bonds. The van der Waals surface area contributed by atoms with E-state index in [1.54, 1.807) is 7.11 Å². The molecule has 0 aromatic rings. The highest BCUT2D eigenvalue weighted by atomic mass is 79.9. The second kappa shape index (κ2) is 10.2. The third-order valence-corrected chi connectivity index (χ3v) is 4.80. The number of hydrogen-bond acceptors (Lipinski definition) is 3. The maximum Gasteiger partial charge on any atom is 0.0700 e. The molecule has 4 heteroatoms. The van der Waals surface area contributed by atoms with Crippen molar-refractivity contribution < 1.29 is 14.2 Å². The standard InChI is InChI=1S/C14H27BrO3/c1-16-8-5-9-17-10-11-18-13-14(12-15)6-3-2-4-7-14/h2-13H2,1H3. The summed E-state index contributed by atoms with van der Waals surface area (Å²) in [6.07, 6.45) is 7.64. The van der Waals surface area contributed by atoms with Crippen molar-refractivity contribution in [3.63, 3.8) is 0 Å². The molecule has 0 bridgehead atoms. The quantitative estimate of drug-likeness (QED) is 0.455. The van der Waals surface area contributed by atoms with Crippen LogP contribution in [-0.2, 0) is 14.2 Å². The zero-order chi connectivity index (χ0) is 13.1. The lowest BCUT2D eigenvalue weighted by Gasteiger charge is -2.35. The monoisotopic (exact) mass is 322 g/mol. The normalized spacial score (nSPS) is 19.0. The van der Waals surface area contributed by atoms with E-state index < -0.39 is 0 Å². The van der Waals surface area contributed by atoms with Gasteiger partial charge in [0, 0.05) is 31.1 Å². The van der Waals surface area contributed by atoms with Crippen LogP contribution in [0.15, 0.2) is 0 Å². The molecule has 1 rings (SSSR count). The van der Waals surface area contributed by atoms with Crippen molar-refractivity contribution in [1.82, 2.24) is 0 Å². The minimum atomic E-state index is 0.383. The zero-order valence-electron chi connectivity index (χ0n) is 11.6. The molecule has 0 radical (unpaired) electrons. The van der Waals surface area contributed by atoms with Crippen LogP contribution in [0.3, 0.4) is 0 Å². The Morgan fingerprint density at radius 2 is 1.67 bits per heavy atom. The van der Waals surface area contributed by atoms with Gasteiger partial charge in [-0.05, 0) is 19.3 Å². The third kappa shape index (κ3) is 6.50. The molecule has 18 heavy (non-hydrogen) atoms. The van der Waals surface area contributed by atoms with Crippen LogP contribution in [-0.4, -0.2) is 45.5 Å². The highest BCUT2D eigenvalue weighted by molar-refractivity contribution is 9.09. The van der Waals surface area contributed by atoms with Crippen molar-refractivity contribution >= 4 is 15.9 Å². The van der Waals surface area contributed by atoms with Crippen LogP contribution in [0.5, 0.6) is 0 Å². The highest BCUT2D eigenvalue weighted by Crippen LogP contribution is 2.37. The first-order chi connectivity index (χ1) is 8.83. The summed E-state index contributed by atoms with van der Waals surface area (Å²) in [7, 11) is 1.72. The van der Waals surface area contributed by atoms with Crippen molar-refractivity contribution in [1.29, 1.82) is 0 Å². The van der Waals surface area contributed by atoms with E-state index in [0.717, 1.165) is 31.6 Å². The van der Waals surface area contributed by atoms with Gasteiger partial charge in [0.15, 0.2) is 0 Å². The fourth-order valence-corrected chi connectivity index (χ4v) is 3.15. The molecule has 0 atom stereocenters. The Morgan fingerprint density at radius 1 is 0.944 bits per heavy atom. The SMILES string of the molecule is COCCCOCCOCC1(CBr)CCCCC1. The topological polar surface area (TPSA) is 27.7 Å². The summed E-state index contributed by atoms with van der Waals surface area (Å²) in [4.78, 5) is 0. The van der Waals surface area contributed by atoms with Crippen LogP contribution < -0.4 is 0 Å². The minimum Gasteiger partial charge on any atom is -0.385 e. The van der Waals surface area contributed by atoms with E-state index in [-0.39, 0.29) is 0 Å². The number of rotatable bonds is 10. The van der Waals surface area contributed by atoms with Gasteiger partial charge < -0.3 is 14.2 Å². The van der Waals surface area contributed by atoms with E-state index in [1.807, 2.05) is 0 Å². The summed E-state index contributed by atoms with van der Waals surface area (Å²) in [5.74, 6) is 0. The lowest BCUT2D eigenvalue weighted by molar-refractivity contribution is -0.00256. The molecule has 0 saturated heterocycles. The third-order valence-electron chi connectivity index (χ3n) is 3.62. The van der Waals surface area contributed by atoms with E-state index in [1.165, 1.54) is 32.1 Å². The Bertz CT molecular complexity index is 193. The van der Waals surface area contributed by atoms with Gasteiger partial charge in [-0.2, -0.15) is 0 Å². The van der Waals surface area contributed by atoms with Gasteiger partial charge in [0.2, 0.25) is 0 Å². The predicted octanol–water partition coefficient (Wildman–Crippen LogP) is 3.40. The van der Waals surface area contributed by atoms with Crippen molar-refractivity contribution in [2.75, 3.05) is 45.5 Å². The molecule has 0 heterocycles. The fourth-order valence-electron chi connectivity index (χ4n) is 2.43. The Hall–Kier alpha value is 0.360. The Morgan fingerprint density at radius 3 is 2.33 bits per heavy atom. The molecule has 0 N–H and O–H groups in total. The summed E-state index contributed by atoms with van der Waals surface area (Å²) < 4.78 is 16.2. The average Bonchev–Trinajstić information content (AvgIpc) is 2.43. The lowest BCUT2D eigenvalue weighted by Crippen LogP contribution is -2.31. The van der Waals surface area contributed by atoms with Gasteiger partial charge in [-0.15, -0.1) is 0 Å². The van der Waals surface area contributed by atoms with E-state index in [9.17, 15) is 0 Å². The molecule has 0 aromatic carbocycles. The summed E-state index contributed by atoms with van der Waals surface area (Å²) in [6.45, 7) is 3.82. The second-order valence-electron chi connectivity index (χ2n) is 5.21. The maximum atomic E-state index is 5.79. The number of ether oxygens (including phenoxy) is 3. The van der Waals surface area contributed by atoms with Crippen LogP contribution in [0.1, 0.15) is 38.5 Å². The maximum absolute atomic E-state index is 5.79. The van der Waals surface area contributed by atoms with Gasteiger partial charge in [-0.1, -0.05) is 35.2 Å². The first-order valence-electron chi connectivity index (χ1n) is 7.03. The molecule has 1 aliphatic carbocycles. The molecule has 1 saturated carbocycles. The highest BCUT2D eigenvalue weighted by Gasteiger charge is 2.30. The first-order valence-corrected chi connectivity index (χ1v) is 8.15. The van der Waals surface area contributed by atoms with E-state index >= 15 is 0 Å². The fraction of sp³-hybridized carbons (Fsp3) is 1.00. The molecule has 0 aliphatic heterocycles. The van der Waals surface area contributed by atoms with Gasteiger partial charge in [-0.25, -0.2) is 0 Å². The lowest BCUT2D eigenvalue weighted by atomic mass is 9.76. The summed E-state index contributed by atoms with van der Waals surface area (Å²) in [6, 6.07) is 0. The molecule has 1 aliphatic rings. The second-order valence-corrected chi connectivity index (χ2v) is 5.77. The first kappa shape index (κ1) is 16.4. The van der Waals surface area contributed by atoms with Gasteiger partial charge in [0.1, 0.15) is 0 Å². The van der Waals surface area contributed by atoms with Crippen molar-refractivity contribution in [2.24, 2.45) is 5.41 Å². The number of halogens is 1. The van der Waals surface area contributed by atoms with Crippen molar-refractivity contribution in [3.05, 3.63) is 0 Å². The van der Waals surface area contributed by atoms with Crippen molar-refractivity contribution in [2.45, 2.75) is 38.5 Å². The van der Waals surface area contributed by atoms with Gasteiger partial charge in [0.05, 0.1) is 19.8 Å². The average molecular weight is 323 g/mol. The van der Waals surface area contributed by atoms with Gasteiger partial charge in [0.25, 0.3) is 0 Å². The molecule has 0 aromatic heterocycles. The summed E-state index contributed by atoms with van der Waals surface area (Å²) in [5, 5.41) is 1.06. The van der Waals surface area contributed by atoms with E-state index in [2.05, 4.69) is 15.9 Å². The van der Waals surface area contributed by atoms with Crippen LogP contribution in [0.25, 0.3) is 0 Å². The summed E-state index contributed by atoms with van der Waals surface area (Å²) >= 11 is 3.65. The zero-order valence-corrected chi connectivity index (χ0v) is 13.2. The molecular formula is C14H27BrO3. The van der Waals surface area contributed by atoms with Crippen molar-refractivity contribution in [3.8, 4) is 0 Å². The Balaban J connectivity index is 1.98. The van der Waals surface area contributed by atoms with Gasteiger partial charge >= 0.3 is 0 Å². The Kier molecular flexibility index (Phi) is 9.29. The minimum absolute atomic E-state index is 0.383. The van der Waals surface area contributed by atoms with Crippen LogP contribution in [0.2, 0.25) is 0 Å². The predicted molar refractivity (Wildman–Crippen MR) is 77.4 cm³/mol. The number of alkyl halides is 1. The molecule has 108 valence electrons. The van der Waals surface area contributed by atoms with E-state index in [4.69, 9.17) is 14.2 Å². The Labute approximate surface area is 120 Å². The number of hydrogen-bond donors (Lipinski definition) is 0. The van der Waals surface area contributed by atoms with Crippen LogP contribution in [0, 0.1) is 5.41 Å². The smallest absolute Gasteiger partial charge is 0.0700 e. The van der Waals surface area contributed by atoms with Crippen LogP contribution in [0.4, 0.5) is 0 Å². The summed E-state index contributed by atoms with van der Waals surface area (Å²) in [5.41, 5.74) is 0.383. The van der Waals surface area contributed by atoms with Gasteiger partial charge in [-0.3, -0.25) is 0 Å². The van der Waals surface area contributed by atoms with E-state index in [0.29, 0.717) is 18.6 Å². The molecule has 3 nitrogen and oxygen atoms in total. The molecule has 1 fully saturated rings. The largest absolute Gasteiger partial charge is 0.385 e. The number of methoxy groups -OCH3 is 1.